The van der Waals surface area contributed by atoms with Gasteiger partial charge in [-0.3, -0.25) is 0 Å². The third kappa shape index (κ3) is 10.4. The van der Waals surface area contributed by atoms with Crippen LogP contribution >= 0.6 is 0 Å². The Kier molecular flexibility index (Phi) is 6.98. The second kappa shape index (κ2) is 7.33. The molecule has 0 rings (SSSR count). The van der Waals surface area contributed by atoms with Crippen molar-refractivity contribution in [2.24, 2.45) is 5.41 Å². The summed E-state index contributed by atoms with van der Waals surface area (Å²) in [7, 11) is 0. The monoisotopic (exact) mass is 296 g/mol. The van der Waals surface area contributed by atoms with Crippen molar-refractivity contribution in [2.45, 2.75) is 86.2 Å². The van der Waals surface area contributed by atoms with Gasteiger partial charge in [0.15, 0.2) is 0 Å². The van der Waals surface area contributed by atoms with Gasteiger partial charge in [0.05, 0.1) is 0 Å². The van der Waals surface area contributed by atoms with E-state index in [1.54, 1.807) is 0 Å². The van der Waals surface area contributed by atoms with Crippen LogP contribution < -0.4 is 5.32 Å². The number of urea groups is 1. The summed E-state index contributed by atoms with van der Waals surface area (Å²) in [4.78, 5) is 14.4. The first kappa shape index (κ1) is 20.0. The molecule has 0 aromatic rings. The van der Waals surface area contributed by atoms with Crippen LogP contribution in [0.1, 0.15) is 75.2 Å². The van der Waals surface area contributed by atoms with Crippen LogP contribution in [0.5, 0.6) is 0 Å². The third-order valence-electron chi connectivity index (χ3n) is 2.91. The summed E-state index contributed by atoms with van der Waals surface area (Å²) in [5, 5.41) is 3.06. The molecule has 1 N–H and O–H groups in total. The standard InChI is InChI=1S/C18H36N2O/c1-16(2,3)13-11-10-12-14-20(18(7,8)9)15(21)19-17(4,5)6/h11,13H,10,12,14H2,1-9H3,(H,19,21)/b13-11-. The lowest BCUT2D eigenvalue weighted by molar-refractivity contribution is 0.137. The fourth-order valence-electron chi connectivity index (χ4n) is 1.93. The molecule has 0 aliphatic rings. The number of rotatable bonds is 4. The summed E-state index contributed by atoms with van der Waals surface area (Å²) in [6.45, 7) is 19.7. The minimum atomic E-state index is -0.202. The van der Waals surface area contributed by atoms with Gasteiger partial charge in [0.2, 0.25) is 0 Å². The number of nitrogens with one attached hydrogen (secondary N) is 1. The first-order valence-electron chi connectivity index (χ1n) is 8.00. The Morgan fingerprint density at radius 3 is 1.90 bits per heavy atom. The second-order valence-electron chi connectivity index (χ2n) is 8.91. The molecule has 0 aromatic carbocycles. The number of unbranched alkanes of at least 4 members (excludes halogenated alkanes) is 1. The van der Waals surface area contributed by atoms with Gasteiger partial charge in [0, 0.05) is 17.6 Å². The predicted octanol–water partition coefficient (Wildman–Crippen LogP) is 4.98. The van der Waals surface area contributed by atoms with E-state index in [-0.39, 0.29) is 22.5 Å². The van der Waals surface area contributed by atoms with E-state index >= 15 is 0 Å². The molecule has 0 aliphatic carbocycles. The number of hydrogen-bond acceptors (Lipinski definition) is 1. The van der Waals surface area contributed by atoms with E-state index in [1.165, 1.54) is 0 Å². The molecule has 0 aromatic heterocycles. The third-order valence-corrected chi connectivity index (χ3v) is 2.91. The Labute approximate surface area is 132 Å². The van der Waals surface area contributed by atoms with Crippen LogP contribution in [0, 0.1) is 5.41 Å². The van der Waals surface area contributed by atoms with E-state index in [4.69, 9.17) is 0 Å². The van der Waals surface area contributed by atoms with Crippen molar-refractivity contribution in [3.63, 3.8) is 0 Å². The number of amides is 2. The molecule has 0 spiro atoms. The molecule has 0 unspecified atom stereocenters. The lowest BCUT2D eigenvalue weighted by Crippen LogP contribution is -2.55. The summed E-state index contributed by atoms with van der Waals surface area (Å²) in [5.74, 6) is 0. The van der Waals surface area contributed by atoms with Crippen molar-refractivity contribution < 1.29 is 4.79 Å². The van der Waals surface area contributed by atoms with E-state index in [1.807, 2.05) is 25.7 Å². The summed E-state index contributed by atoms with van der Waals surface area (Å²) in [5.41, 5.74) is -0.136. The van der Waals surface area contributed by atoms with Gasteiger partial charge < -0.3 is 10.2 Å². The highest BCUT2D eigenvalue weighted by Gasteiger charge is 2.28. The smallest absolute Gasteiger partial charge is 0.318 e. The molecule has 3 nitrogen and oxygen atoms in total. The van der Waals surface area contributed by atoms with Gasteiger partial charge in [-0.05, 0) is 59.8 Å². The fraction of sp³-hybridized carbons (Fsp3) is 0.833. The second-order valence-corrected chi connectivity index (χ2v) is 8.91. The number of carbonyl (C=O) groups excluding carboxylic acids is 1. The maximum absolute atomic E-state index is 12.4. The Bertz CT molecular complexity index is 351. The molecule has 0 fully saturated rings. The zero-order valence-corrected chi connectivity index (χ0v) is 15.6. The fourth-order valence-corrected chi connectivity index (χ4v) is 1.93. The normalized spacial score (nSPS) is 13.6. The van der Waals surface area contributed by atoms with E-state index < -0.39 is 0 Å². The molecule has 0 saturated heterocycles. The molecule has 3 heteroatoms. The lowest BCUT2D eigenvalue weighted by atomic mass is 9.96. The molecule has 21 heavy (non-hydrogen) atoms. The van der Waals surface area contributed by atoms with Gasteiger partial charge in [0.25, 0.3) is 0 Å². The van der Waals surface area contributed by atoms with E-state index in [2.05, 4.69) is 59.0 Å². The molecular formula is C18H36N2O. The molecule has 2 amide bonds. The summed E-state index contributed by atoms with van der Waals surface area (Å²) in [6.07, 6.45) is 6.46. The first-order valence-corrected chi connectivity index (χ1v) is 8.00. The van der Waals surface area contributed by atoms with Gasteiger partial charge in [-0.1, -0.05) is 32.9 Å². The van der Waals surface area contributed by atoms with Gasteiger partial charge >= 0.3 is 6.03 Å². The number of allylic oxidation sites excluding steroid dienone is 2. The first-order chi connectivity index (χ1) is 9.22. The number of hydrogen-bond donors (Lipinski definition) is 1. The van der Waals surface area contributed by atoms with E-state index in [9.17, 15) is 4.79 Å². The molecular weight excluding hydrogens is 260 g/mol. The lowest BCUT2D eigenvalue weighted by Gasteiger charge is -2.38. The van der Waals surface area contributed by atoms with Crippen LogP contribution in [-0.2, 0) is 0 Å². The SMILES string of the molecule is CC(C)(C)/C=C\CCCN(C(=O)NC(C)(C)C)C(C)(C)C. The summed E-state index contributed by atoms with van der Waals surface area (Å²) >= 11 is 0. The Hall–Kier alpha value is -0.990. The van der Waals surface area contributed by atoms with Crippen LogP contribution in [0.4, 0.5) is 4.79 Å². The van der Waals surface area contributed by atoms with Crippen molar-refractivity contribution in [3.8, 4) is 0 Å². The van der Waals surface area contributed by atoms with Crippen LogP contribution in [0.25, 0.3) is 0 Å². The van der Waals surface area contributed by atoms with Gasteiger partial charge in [-0.2, -0.15) is 0 Å². The maximum atomic E-state index is 12.4. The van der Waals surface area contributed by atoms with Crippen molar-refractivity contribution >= 4 is 6.03 Å². The molecule has 0 atom stereocenters. The molecule has 124 valence electrons. The zero-order chi connectivity index (χ0) is 16.9. The summed E-state index contributed by atoms with van der Waals surface area (Å²) in [6, 6.07) is 0.0230. The largest absolute Gasteiger partial charge is 0.333 e. The number of nitrogens with zero attached hydrogens (tertiary/aromatic N) is 1. The van der Waals surface area contributed by atoms with Crippen molar-refractivity contribution in [1.29, 1.82) is 0 Å². The van der Waals surface area contributed by atoms with Crippen molar-refractivity contribution in [3.05, 3.63) is 12.2 Å². The van der Waals surface area contributed by atoms with Crippen molar-refractivity contribution in [1.82, 2.24) is 10.2 Å². The van der Waals surface area contributed by atoms with Gasteiger partial charge in [0.1, 0.15) is 0 Å². The topological polar surface area (TPSA) is 32.3 Å². The summed E-state index contributed by atoms with van der Waals surface area (Å²) < 4.78 is 0. The average Bonchev–Trinajstić information content (AvgIpc) is 2.16. The van der Waals surface area contributed by atoms with Crippen LogP contribution in [0.15, 0.2) is 12.2 Å². The highest BCUT2D eigenvalue weighted by Crippen LogP contribution is 2.17. The van der Waals surface area contributed by atoms with Crippen LogP contribution in [0.3, 0.4) is 0 Å². The molecule has 0 aliphatic heterocycles. The minimum Gasteiger partial charge on any atom is -0.333 e. The van der Waals surface area contributed by atoms with E-state index in [0.29, 0.717) is 0 Å². The van der Waals surface area contributed by atoms with Crippen LogP contribution in [-0.4, -0.2) is 28.6 Å². The maximum Gasteiger partial charge on any atom is 0.318 e. The molecule has 0 bridgehead atoms. The quantitative estimate of drug-likeness (QED) is 0.576. The average molecular weight is 296 g/mol. The minimum absolute atomic E-state index is 0.0230. The van der Waals surface area contributed by atoms with E-state index in [0.717, 1.165) is 19.4 Å². The van der Waals surface area contributed by atoms with Crippen LogP contribution in [0.2, 0.25) is 0 Å². The molecule has 0 saturated carbocycles. The Morgan fingerprint density at radius 2 is 1.52 bits per heavy atom. The highest BCUT2D eigenvalue weighted by molar-refractivity contribution is 5.75. The predicted molar refractivity (Wildman–Crippen MR) is 92.6 cm³/mol. The van der Waals surface area contributed by atoms with Gasteiger partial charge in [-0.15, -0.1) is 0 Å². The zero-order valence-electron chi connectivity index (χ0n) is 15.6. The molecule has 0 radical (unpaired) electrons. The Balaban J connectivity index is 4.54. The molecule has 0 heterocycles. The number of carbonyl (C=O) groups is 1. The Morgan fingerprint density at radius 1 is 1.00 bits per heavy atom. The highest BCUT2D eigenvalue weighted by atomic mass is 16.2. The van der Waals surface area contributed by atoms with Gasteiger partial charge in [-0.25, -0.2) is 4.79 Å². The van der Waals surface area contributed by atoms with Crippen molar-refractivity contribution in [2.75, 3.05) is 6.54 Å².